The van der Waals surface area contributed by atoms with Gasteiger partial charge in [0.1, 0.15) is 5.75 Å². The SMILES string of the molecule is COc1ccc(Cl)c(NC(=O)CCC(C)(C)N)c1. The van der Waals surface area contributed by atoms with Gasteiger partial charge in [0, 0.05) is 18.0 Å². The molecule has 0 fully saturated rings. The van der Waals surface area contributed by atoms with Gasteiger partial charge in [0.2, 0.25) is 5.91 Å². The number of ether oxygens (including phenoxy) is 1. The van der Waals surface area contributed by atoms with Gasteiger partial charge in [-0.1, -0.05) is 11.6 Å². The summed E-state index contributed by atoms with van der Waals surface area (Å²) in [6.07, 6.45) is 0.970. The minimum atomic E-state index is -0.352. The summed E-state index contributed by atoms with van der Waals surface area (Å²) in [4.78, 5) is 11.7. The first-order chi connectivity index (χ1) is 8.31. The zero-order valence-corrected chi connectivity index (χ0v) is 11.7. The van der Waals surface area contributed by atoms with Crippen molar-refractivity contribution in [2.24, 2.45) is 5.73 Å². The van der Waals surface area contributed by atoms with Crippen molar-refractivity contribution in [3.05, 3.63) is 23.2 Å². The molecular formula is C13H19ClN2O2. The Hall–Kier alpha value is -1.26. The molecule has 5 heteroatoms. The number of carbonyl (C=O) groups is 1. The number of hydrogen-bond acceptors (Lipinski definition) is 3. The molecule has 4 nitrogen and oxygen atoms in total. The van der Waals surface area contributed by atoms with Crippen molar-refractivity contribution in [3.8, 4) is 5.75 Å². The minimum absolute atomic E-state index is 0.108. The van der Waals surface area contributed by atoms with Gasteiger partial charge in [-0.25, -0.2) is 0 Å². The van der Waals surface area contributed by atoms with Crippen molar-refractivity contribution in [3.63, 3.8) is 0 Å². The number of nitrogens with one attached hydrogen (secondary N) is 1. The third-order valence-corrected chi connectivity index (χ3v) is 2.77. The van der Waals surface area contributed by atoms with E-state index in [9.17, 15) is 4.79 Å². The maximum absolute atomic E-state index is 11.7. The standard InChI is InChI=1S/C13H19ClN2O2/c1-13(2,15)7-6-12(17)16-11-8-9(18-3)4-5-10(11)14/h4-5,8H,6-7,15H2,1-3H3,(H,16,17). The van der Waals surface area contributed by atoms with E-state index in [1.807, 2.05) is 13.8 Å². The highest BCUT2D eigenvalue weighted by Crippen LogP contribution is 2.26. The highest BCUT2D eigenvalue weighted by atomic mass is 35.5. The molecule has 1 rings (SSSR count). The van der Waals surface area contributed by atoms with Crippen molar-refractivity contribution in [1.82, 2.24) is 0 Å². The number of halogens is 1. The third kappa shape index (κ3) is 4.94. The molecule has 0 radical (unpaired) electrons. The Bertz CT molecular complexity index is 427. The van der Waals surface area contributed by atoms with E-state index in [2.05, 4.69) is 5.32 Å². The van der Waals surface area contributed by atoms with Gasteiger partial charge < -0.3 is 15.8 Å². The minimum Gasteiger partial charge on any atom is -0.497 e. The molecule has 0 saturated heterocycles. The molecule has 0 aliphatic rings. The lowest BCUT2D eigenvalue weighted by molar-refractivity contribution is -0.116. The first-order valence-corrected chi connectivity index (χ1v) is 6.12. The molecule has 1 aromatic carbocycles. The van der Waals surface area contributed by atoms with E-state index in [0.29, 0.717) is 29.3 Å². The predicted octanol–water partition coefficient (Wildman–Crippen LogP) is 2.80. The van der Waals surface area contributed by atoms with Crippen LogP contribution in [0.5, 0.6) is 5.75 Å². The van der Waals surface area contributed by atoms with Gasteiger partial charge in [-0.05, 0) is 32.4 Å². The molecule has 3 N–H and O–H groups in total. The molecule has 1 amide bonds. The van der Waals surface area contributed by atoms with E-state index in [0.717, 1.165) is 0 Å². The van der Waals surface area contributed by atoms with Gasteiger partial charge in [0.15, 0.2) is 0 Å². The second-order valence-electron chi connectivity index (χ2n) is 4.88. The summed E-state index contributed by atoms with van der Waals surface area (Å²) in [7, 11) is 1.56. The molecule has 0 atom stereocenters. The van der Waals surface area contributed by atoms with E-state index in [1.165, 1.54) is 0 Å². The van der Waals surface area contributed by atoms with Crippen molar-refractivity contribution in [2.75, 3.05) is 12.4 Å². The summed E-state index contributed by atoms with van der Waals surface area (Å²) in [5.74, 6) is 0.539. The van der Waals surface area contributed by atoms with Gasteiger partial charge in [-0.15, -0.1) is 0 Å². The lowest BCUT2D eigenvalue weighted by atomic mass is 10.00. The van der Waals surface area contributed by atoms with E-state index < -0.39 is 0 Å². The summed E-state index contributed by atoms with van der Waals surface area (Å²) < 4.78 is 5.08. The number of carbonyl (C=O) groups excluding carboxylic acids is 1. The molecule has 0 aliphatic carbocycles. The number of methoxy groups -OCH3 is 1. The first-order valence-electron chi connectivity index (χ1n) is 5.74. The summed E-state index contributed by atoms with van der Waals surface area (Å²) in [6.45, 7) is 3.78. The van der Waals surface area contributed by atoms with Crippen LogP contribution in [0.15, 0.2) is 18.2 Å². The molecule has 0 heterocycles. The number of nitrogens with two attached hydrogens (primary N) is 1. The average molecular weight is 271 g/mol. The first kappa shape index (κ1) is 14.8. The lowest BCUT2D eigenvalue weighted by Crippen LogP contribution is -2.33. The largest absolute Gasteiger partial charge is 0.497 e. The molecule has 0 aromatic heterocycles. The molecular weight excluding hydrogens is 252 g/mol. The molecule has 0 unspecified atom stereocenters. The van der Waals surface area contributed by atoms with Crippen LogP contribution in [0.3, 0.4) is 0 Å². The van der Waals surface area contributed by atoms with Crippen LogP contribution < -0.4 is 15.8 Å². The quantitative estimate of drug-likeness (QED) is 0.865. The Morgan fingerprint density at radius 2 is 2.17 bits per heavy atom. The fourth-order valence-electron chi connectivity index (χ4n) is 1.38. The molecule has 0 spiro atoms. The monoisotopic (exact) mass is 270 g/mol. The van der Waals surface area contributed by atoms with Gasteiger partial charge in [-0.2, -0.15) is 0 Å². The summed E-state index contributed by atoms with van der Waals surface area (Å²) >= 11 is 5.99. The number of benzene rings is 1. The number of anilines is 1. The normalized spacial score (nSPS) is 11.2. The molecule has 0 saturated carbocycles. The van der Waals surface area contributed by atoms with Crippen LogP contribution >= 0.6 is 11.6 Å². The van der Waals surface area contributed by atoms with Crippen molar-refractivity contribution in [2.45, 2.75) is 32.2 Å². The van der Waals surface area contributed by atoms with Gasteiger partial charge in [0.05, 0.1) is 17.8 Å². The van der Waals surface area contributed by atoms with E-state index in [1.54, 1.807) is 25.3 Å². The van der Waals surface area contributed by atoms with Crippen LogP contribution in [-0.4, -0.2) is 18.6 Å². The maximum Gasteiger partial charge on any atom is 0.224 e. The van der Waals surface area contributed by atoms with E-state index >= 15 is 0 Å². The van der Waals surface area contributed by atoms with Crippen molar-refractivity contribution in [1.29, 1.82) is 0 Å². The number of rotatable bonds is 5. The fourth-order valence-corrected chi connectivity index (χ4v) is 1.54. The predicted molar refractivity (Wildman–Crippen MR) is 74.1 cm³/mol. The maximum atomic E-state index is 11.7. The Balaban J connectivity index is 2.64. The van der Waals surface area contributed by atoms with Crippen LogP contribution in [0, 0.1) is 0 Å². The molecule has 0 bridgehead atoms. The van der Waals surface area contributed by atoms with Crippen LogP contribution in [0.2, 0.25) is 5.02 Å². The van der Waals surface area contributed by atoms with Crippen molar-refractivity contribution < 1.29 is 9.53 Å². The Labute approximate surface area is 112 Å². The molecule has 18 heavy (non-hydrogen) atoms. The van der Waals surface area contributed by atoms with Crippen LogP contribution in [0.4, 0.5) is 5.69 Å². The van der Waals surface area contributed by atoms with Gasteiger partial charge >= 0.3 is 0 Å². The molecule has 1 aromatic rings. The Morgan fingerprint density at radius 1 is 1.50 bits per heavy atom. The summed E-state index contributed by atoms with van der Waals surface area (Å²) in [5.41, 5.74) is 6.03. The van der Waals surface area contributed by atoms with E-state index in [4.69, 9.17) is 22.1 Å². The van der Waals surface area contributed by atoms with Crippen LogP contribution in [-0.2, 0) is 4.79 Å². The summed E-state index contributed by atoms with van der Waals surface area (Å²) in [5, 5.41) is 3.23. The van der Waals surface area contributed by atoms with Crippen LogP contribution in [0.25, 0.3) is 0 Å². The topological polar surface area (TPSA) is 64.3 Å². The molecule has 100 valence electrons. The number of hydrogen-bond donors (Lipinski definition) is 2. The van der Waals surface area contributed by atoms with Gasteiger partial charge in [-0.3, -0.25) is 4.79 Å². The second kappa shape index (κ2) is 6.07. The Kier molecular flexibility index (Phi) is 4.99. The smallest absolute Gasteiger partial charge is 0.224 e. The second-order valence-corrected chi connectivity index (χ2v) is 5.29. The zero-order chi connectivity index (χ0) is 13.8. The highest BCUT2D eigenvalue weighted by Gasteiger charge is 2.14. The summed E-state index contributed by atoms with van der Waals surface area (Å²) in [6, 6.07) is 5.11. The van der Waals surface area contributed by atoms with Crippen LogP contribution in [0.1, 0.15) is 26.7 Å². The van der Waals surface area contributed by atoms with Crippen molar-refractivity contribution >= 4 is 23.2 Å². The molecule has 0 aliphatic heterocycles. The zero-order valence-electron chi connectivity index (χ0n) is 10.9. The number of amides is 1. The van der Waals surface area contributed by atoms with Gasteiger partial charge in [0.25, 0.3) is 0 Å². The highest BCUT2D eigenvalue weighted by molar-refractivity contribution is 6.33. The third-order valence-electron chi connectivity index (χ3n) is 2.44. The Morgan fingerprint density at radius 3 is 2.72 bits per heavy atom. The fraction of sp³-hybridized carbons (Fsp3) is 0.462. The lowest BCUT2D eigenvalue weighted by Gasteiger charge is -2.17. The average Bonchev–Trinajstić information content (AvgIpc) is 2.28. The van der Waals surface area contributed by atoms with E-state index in [-0.39, 0.29) is 11.4 Å².